The van der Waals surface area contributed by atoms with Crippen molar-refractivity contribution in [2.24, 2.45) is 0 Å². The minimum Gasteiger partial charge on any atom is -0.497 e. The Balaban J connectivity index is 1.77. The van der Waals surface area contributed by atoms with E-state index in [-0.39, 0.29) is 5.82 Å². The van der Waals surface area contributed by atoms with Gasteiger partial charge in [0.2, 0.25) is 0 Å². The highest BCUT2D eigenvalue weighted by molar-refractivity contribution is 9.10. The van der Waals surface area contributed by atoms with Crippen molar-refractivity contribution in [3.8, 4) is 11.4 Å². The molecule has 0 fully saturated rings. The number of hydrogen-bond acceptors (Lipinski definition) is 5. The van der Waals surface area contributed by atoms with Crippen LogP contribution in [0.15, 0.2) is 46.9 Å². The molecule has 0 saturated heterocycles. The van der Waals surface area contributed by atoms with Crippen LogP contribution in [0.5, 0.6) is 5.75 Å². The van der Waals surface area contributed by atoms with E-state index in [4.69, 9.17) is 4.74 Å². The number of ether oxygens (including phenoxy) is 1. The number of aromatic nitrogens is 4. The summed E-state index contributed by atoms with van der Waals surface area (Å²) in [7, 11) is 1.59. The Hall–Kier alpha value is -2.74. The van der Waals surface area contributed by atoms with Gasteiger partial charge in [0.05, 0.1) is 12.8 Å². The SMILES string of the molecule is COc1ccc(-n2nnc(C(=O)Nc3ccc(Br)cc3C)n2)cc1. The zero-order chi connectivity index (χ0) is 17.1. The number of halogens is 1. The van der Waals surface area contributed by atoms with Crippen LogP contribution in [0.1, 0.15) is 16.2 Å². The van der Waals surface area contributed by atoms with Crippen molar-refractivity contribution in [1.82, 2.24) is 20.2 Å². The predicted molar refractivity (Wildman–Crippen MR) is 92.5 cm³/mol. The van der Waals surface area contributed by atoms with Crippen molar-refractivity contribution in [2.45, 2.75) is 6.92 Å². The Kier molecular flexibility index (Phi) is 4.57. The summed E-state index contributed by atoms with van der Waals surface area (Å²) in [5.74, 6) is 0.302. The molecule has 1 amide bonds. The second-order valence-electron chi connectivity index (χ2n) is 5.01. The molecule has 1 aromatic heterocycles. The molecule has 7 nitrogen and oxygen atoms in total. The summed E-state index contributed by atoms with van der Waals surface area (Å²) in [5, 5.41) is 14.6. The molecule has 1 N–H and O–H groups in total. The minimum absolute atomic E-state index is 0.00635. The normalized spacial score (nSPS) is 10.5. The minimum atomic E-state index is -0.416. The maximum atomic E-state index is 12.3. The van der Waals surface area contributed by atoms with E-state index in [1.165, 1.54) is 4.80 Å². The van der Waals surface area contributed by atoms with E-state index in [1.807, 2.05) is 25.1 Å². The standard InChI is InChI=1S/C16H14BrN5O2/c1-10-9-11(17)3-8-14(10)18-16(23)15-19-21-22(20-15)12-4-6-13(24-2)7-5-12/h3-9H,1-2H3,(H,18,23). The molecule has 0 atom stereocenters. The Morgan fingerprint density at radius 2 is 1.96 bits per heavy atom. The van der Waals surface area contributed by atoms with Gasteiger partial charge in [-0.3, -0.25) is 4.79 Å². The Morgan fingerprint density at radius 1 is 1.21 bits per heavy atom. The third-order valence-electron chi connectivity index (χ3n) is 3.36. The van der Waals surface area contributed by atoms with Gasteiger partial charge < -0.3 is 10.1 Å². The molecule has 24 heavy (non-hydrogen) atoms. The van der Waals surface area contributed by atoms with Gasteiger partial charge in [-0.05, 0) is 60.2 Å². The molecular formula is C16H14BrN5O2. The monoisotopic (exact) mass is 387 g/mol. The smallest absolute Gasteiger partial charge is 0.297 e. The number of rotatable bonds is 4. The topological polar surface area (TPSA) is 81.9 Å². The molecule has 0 aliphatic rings. The van der Waals surface area contributed by atoms with Gasteiger partial charge in [0.25, 0.3) is 11.7 Å². The maximum Gasteiger partial charge on any atom is 0.297 e. The van der Waals surface area contributed by atoms with E-state index in [0.29, 0.717) is 11.4 Å². The number of amides is 1. The number of anilines is 1. The van der Waals surface area contributed by atoms with Gasteiger partial charge >= 0.3 is 0 Å². The first-order chi connectivity index (χ1) is 11.6. The number of methoxy groups -OCH3 is 1. The molecule has 0 aliphatic carbocycles. The van der Waals surface area contributed by atoms with E-state index in [1.54, 1.807) is 31.4 Å². The lowest BCUT2D eigenvalue weighted by molar-refractivity contribution is 0.101. The molecule has 8 heteroatoms. The van der Waals surface area contributed by atoms with Crippen LogP contribution in [-0.2, 0) is 0 Å². The molecule has 122 valence electrons. The van der Waals surface area contributed by atoms with Crippen LogP contribution in [0.2, 0.25) is 0 Å². The molecule has 0 unspecified atom stereocenters. The molecular weight excluding hydrogens is 374 g/mol. The van der Waals surface area contributed by atoms with Crippen LogP contribution < -0.4 is 10.1 Å². The second kappa shape index (κ2) is 6.79. The lowest BCUT2D eigenvalue weighted by Gasteiger charge is -2.06. The van der Waals surface area contributed by atoms with E-state index in [0.717, 1.165) is 15.8 Å². The number of hydrogen-bond donors (Lipinski definition) is 1. The van der Waals surface area contributed by atoms with Crippen molar-refractivity contribution in [3.05, 3.63) is 58.3 Å². The summed E-state index contributed by atoms with van der Waals surface area (Å²) in [6.07, 6.45) is 0. The summed E-state index contributed by atoms with van der Waals surface area (Å²) in [5.41, 5.74) is 2.31. The van der Waals surface area contributed by atoms with Crippen molar-refractivity contribution in [1.29, 1.82) is 0 Å². The third-order valence-corrected chi connectivity index (χ3v) is 3.85. The second-order valence-corrected chi connectivity index (χ2v) is 5.93. The average molecular weight is 388 g/mol. The lowest BCUT2D eigenvalue weighted by Crippen LogP contribution is -2.15. The molecule has 3 rings (SSSR count). The van der Waals surface area contributed by atoms with Crippen molar-refractivity contribution in [2.75, 3.05) is 12.4 Å². The van der Waals surface area contributed by atoms with Crippen molar-refractivity contribution < 1.29 is 9.53 Å². The number of nitrogens with one attached hydrogen (secondary N) is 1. The third kappa shape index (κ3) is 3.43. The lowest BCUT2D eigenvalue weighted by atomic mass is 10.2. The highest BCUT2D eigenvalue weighted by Gasteiger charge is 2.15. The summed E-state index contributed by atoms with van der Waals surface area (Å²) >= 11 is 3.39. The maximum absolute atomic E-state index is 12.3. The zero-order valence-electron chi connectivity index (χ0n) is 13.0. The van der Waals surface area contributed by atoms with Gasteiger partial charge in [0.1, 0.15) is 5.75 Å². The van der Waals surface area contributed by atoms with Crippen LogP contribution in [0, 0.1) is 6.92 Å². The van der Waals surface area contributed by atoms with Crippen LogP contribution >= 0.6 is 15.9 Å². The van der Waals surface area contributed by atoms with Gasteiger partial charge in [0.15, 0.2) is 0 Å². The molecule has 3 aromatic rings. The van der Waals surface area contributed by atoms with E-state index >= 15 is 0 Å². The van der Waals surface area contributed by atoms with E-state index < -0.39 is 5.91 Å². The van der Waals surface area contributed by atoms with Gasteiger partial charge in [-0.1, -0.05) is 15.9 Å². The fourth-order valence-corrected chi connectivity index (χ4v) is 2.55. The van der Waals surface area contributed by atoms with Crippen LogP contribution in [0.4, 0.5) is 5.69 Å². The van der Waals surface area contributed by atoms with Gasteiger partial charge in [-0.2, -0.15) is 0 Å². The van der Waals surface area contributed by atoms with E-state index in [9.17, 15) is 4.79 Å². The fraction of sp³-hybridized carbons (Fsp3) is 0.125. The number of carbonyl (C=O) groups is 1. The Morgan fingerprint density at radius 3 is 2.62 bits per heavy atom. The summed E-state index contributed by atoms with van der Waals surface area (Å²) in [6, 6.07) is 12.7. The summed E-state index contributed by atoms with van der Waals surface area (Å²) in [4.78, 5) is 13.6. The fourth-order valence-electron chi connectivity index (χ4n) is 2.08. The first kappa shape index (κ1) is 16.1. The molecule has 0 bridgehead atoms. The van der Waals surface area contributed by atoms with Crippen LogP contribution in [0.3, 0.4) is 0 Å². The quantitative estimate of drug-likeness (QED) is 0.743. The molecule has 1 heterocycles. The predicted octanol–water partition coefficient (Wildman–Crippen LogP) is 2.99. The number of benzene rings is 2. The Bertz CT molecular complexity index is 876. The summed E-state index contributed by atoms with van der Waals surface area (Å²) < 4.78 is 6.05. The first-order valence-electron chi connectivity index (χ1n) is 7.09. The highest BCUT2D eigenvalue weighted by Crippen LogP contribution is 2.20. The molecule has 0 radical (unpaired) electrons. The van der Waals surface area contributed by atoms with Crippen LogP contribution in [0.25, 0.3) is 5.69 Å². The molecule has 0 aliphatic heterocycles. The molecule has 0 saturated carbocycles. The average Bonchev–Trinajstić information content (AvgIpc) is 3.07. The van der Waals surface area contributed by atoms with Crippen molar-refractivity contribution in [3.63, 3.8) is 0 Å². The molecule has 2 aromatic carbocycles. The molecule has 0 spiro atoms. The Labute approximate surface area is 146 Å². The highest BCUT2D eigenvalue weighted by atomic mass is 79.9. The number of tetrazole rings is 1. The van der Waals surface area contributed by atoms with Crippen molar-refractivity contribution >= 4 is 27.5 Å². The van der Waals surface area contributed by atoms with E-state index in [2.05, 4.69) is 36.7 Å². The van der Waals surface area contributed by atoms with Gasteiger partial charge in [-0.15, -0.1) is 15.0 Å². The van der Waals surface area contributed by atoms with Crippen LogP contribution in [-0.4, -0.2) is 33.2 Å². The number of carbonyl (C=O) groups excluding carboxylic acids is 1. The number of nitrogens with zero attached hydrogens (tertiary/aromatic N) is 4. The zero-order valence-corrected chi connectivity index (χ0v) is 14.6. The number of aryl methyl sites for hydroxylation is 1. The first-order valence-corrected chi connectivity index (χ1v) is 7.88. The van der Waals surface area contributed by atoms with Gasteiger partial charge in [0, 0.05) is 10.2 Å². The van der Waals surface area contributed by atoms with Gasteiger partial charge in [-0.25, -0.2) is 0 Å². The summed E-state index contributed by atoms with van der Waals surface area (Å²) in [6.45, 7) is 1.90. The largest absolute Gasteiger partial charge is 0.497 e.